The van der Waals surface area contributed by atoms with Crippen LogP contribution in [0.15, 0.2) is 24.3 Å². The Morgan fingerprint density at radius 2 is 2.31 bits per heavy atom. The third-order valence-electron chi connectivity index (χ3n) is 1.66. The smallest absolute Gasteiger partial charge is 0.259 e. The van der Waals surface area contributed by atoms with Crippen LogP contribution in [0.25, 0.3) is 0 Å². The molecule has 0 saturated carbocycles. The Morgan fingerprint density at radius 3 is 2.92 bits per heavy atom. The molecule has 1 aromatic rings. The van der Waals surface area contributed by atoms with Crippen LogP contribution < -0.4 is 4.74 Å². The maximum absolute atomic E-state index is 10.4. The van der Waals surface area contributed by atoms with Crippen molar-refractivity contribution in [3.05, 3.63) is 29.8 Å². The maximum atomic E-state index is 10.4. The standard InChI is InChI=1S/C10H11ClO2/c1-2-8-4-3-5-9(6-8)13-7-10(11)12/h3-6H,2,7H2,1H3. The first kappa shape index (κ1) is 10.1. The van der Waals surface area contributed by atoms with Gasteiger partial charge in [0.2, 0.25) is 0 Å². The summed E-state index contributed by atoms with van der Waals surface area (Å²) in [5, 5.41) is -0.484. The molecule has 0 radical (unpaired) electrons. The summed E-state index contributed by atoms with van der Waals surface area (Å²) in [5.41, 5.74) is 1.18. The molecule has 2 nitrogen and oxygen atoms in total. The number of carbonyl (C=O) groups excluding carboxylic acids is 1. The van der Waals surface area contributed by atoms with E-state index < -0.39 is 5.24 Å². The van der Waals surface area contributed by atoms with E-state index in [4.69, 9.17) is 16.3 Å². The van der Waals surface area contributed by atoms with Crippen LogP contribution >= 0.6 is 11.6 Å². The lowest BCUT2D eigenvalue weighted by atomic mass is 10.2. The Bertz CT molecular complexity index is 297. The van der Waals surface area contributed by atoms with Crippen molar-refractivity contribution in [1.29, 1.82) is 0 Å². The molecule has 0 atom stereocenters. The molecule has 3 heteroatoms. The Morgan fingerprint density at radius 1 is 1.54 bits per heavy atom. The van der Waals surface area contributed by atoms with Gasteiger partial charge in [-0.3, -0.25) is 4.79 Å². The van der Waals surface area contributed by atoms with E-state index >= 15 is 0 Å². The van der Waals surface area contributed by atoms with Crippen molar-refractivity contribution in [1.82, 2.24) is 0 Å². The van der Waals surface area contributed by atoms with E-state index in [9.17, 15) is 4.79 Å². The molecule has 0 fully saturated rings. The summed E-state index contributed by atoms with van der Waals surface area (Å²) in [7, 11) is 0. The summed E-state index contributed by atoms with van der Waals surface area (Å²) in [5.74, 6) is 0.688. The molecule has 0 bridgehead atoms. The normalized spacial score (nSPS) is 9.69. The molecule has 0 heterocycles. The van der Waals surface area contributed by atoms with Crippen molar-refractivity contribution in [3.63, 3.8) is 0 Å². The van der Waals surface area contributed by atoms with Crippen molar-refractivity contribution in [2.75, 3.05) is 6.61 Å². The number of benzene rings is 1. The predicted molar refractivity (Wildman–Crippen MR) is 52.2 cm³/mol. The van der Waals surface area contributed by atoms with Crippen LogP contribution in [-0.2, 0) is 11.2 Å². The van der Waals surface area contributed by atoms with E-state index in [1.54, 1.807) is 6.07 Å². The molecule has 0 unspecified atom stereocenters. The molecule has 0 spiro atoms. The average molecular weight is 199 g/mol. The average Bonchev–Trinajstić information content (AvgIpc) is 2.15. The highest BCUT2D eigenvalue weighted by Gasteiger charge is 1.98. The number of halogens is 1. The number of aryl methyl sites for hydroxylation is 1. The largest absolute Gasteiger partial charge is 0.484 e. The molecule has 70 valence electrons. The highest BCUT2D eigenvalue weighted by Crippen LogP contribution is 2.13. The van der Waals surface area contributed by atoms with Crippen molar-refractivity contribution in [2.45, 2.75) is 13.3 Å². The fourth-order valence-corrected chi connectivity index (χ4v) is 1.05. The summed E-state index contributed by atoms with van der Waals surface area (Å²) in [6, 6.07) is 7.61. The molecule has 0 N–H and O–H groups in total. The summed E-state index contributed by atoms with van der Waals surface area (Å²) in [4.78, 5) is 10.4. The lowest BCUT2D eigenvalue weighted by Gasteiger charge is -2.04. The third kappa shape index (κ3) is 3.47. The van der Waals surface area contributed by atoms with Gasteiger partial charge in [-0.1, -0.05) is 19.1 Å². The van der Waals surface area contributed by atoms with Crippen molar-refractivity contribution in [2.24, 2.45) is 0 Å². The van der Waals surface area contributed by atoms with Crippen LogP contribution in [0.5, 0.6) is 5.75 Å². The van der Waals surface area contributed by atoms with Gasteiger partial charge in [-0.15, -0.1) is 0 Å². The zero-order valence-corrected chi connectivity index (χ0v) is 8.17. The summed E-state index contributed by atoms with van der Waals surface area (Å²) >= 11 is 5.14. The maximum Gasteiger partial charge on any atom is 0.259 e. The van der Waals surface area contributed by atoms with Crippen LogP contribution in [-0.4, -0.2) is 11.8 Å². The Balaban J connectivity index is 2.61. The molecular weight excluding hydrogens is 188 g/mol. The van der Waals surface area contributed by atoms with Crippen LogP contribution in [0.1, 0.15) is 12.5 Å². The first-order valence-electron chi connectivity index (χ1n) is 4.12. The number of rotatable bonds is 4. The molecule has 0 aliphatic heterocycles. The van der Waals surface area contributed by atoms with Gasteiger partial charge in [-0.05, 0) is 35.7 Å². The zero-order chi connectivity index (χ0) is 9.68. The van der Waals surface area contributed by atoms with E-state index in [1.807, 2.05) is 18.2 Å². The monoisotopic (exact) mass is 198 g/mol. The van der Waals surface area contributed by atoms with Crippen LogP contribution in [0.4, 0.5) is 0 Å². The van der Waals surface area contributed by atoms with E-state index in [0.29, 0.717) is 5.75 Å². The van der Waals surface area contributed by atoms with Crippen LogP contribution in [0.2, 0.25) is 0 Å². The van der Waals surface area contributed by atoms with Gasteiger partial charge in [0.25, 0.3) is 5.24 Å². The highest BCUT2D eigenvalue weighted by molar-refractivity contribution is 6.63. The summed E-state index contributed by atoms with van der Waals surface area (Å²) in [6.45, 7) is 1.99. The van der Waals surface area contributed by atoms with Crippen molar-refractivity contribution < 1.29 is 9.53 Å². The fourth-order valence-electron chi connectivity index (χ4n) is 0.995. The minimum Gasteiger partial charge on any atom is -0.484 e. The molecule has 1 rings (SSSR count). The SMILES string of the molecule is CCc1cccc(OCC(=O)Cl)c1. The van der Waals surface area contributed by atoms with E-state index in [1.165, 1.54) is 5.56 Å². The van der Waals surface area contributed by atoms with Gasteiger partial charge in [0.15, 0.2) is 6.61 Å². The van der Waals surface area contributed by atoms with Gasteiger partial charge in [-0.25, -0.2) is 0 Å². The molecule has 1 aromatic carbocycles. The van der Waals surface area contributed by atoms with E-state index in [2.05, 4.69) is 6.92 Å². The van der Waals surface area contributed by atoms with Crippen LogP contribution in [0, 0.1) is 0 Å². The van der Waals surface area contributed by atoms with Gasteiger partial charge in [0.05, 0.1) is 0 Å². The van der Waals surface area contributed by atoms with Gasteiger partial charge in [0, 0.05) is 0 Å². The predicted octanol–water partition coefficient (Wildman–Crippen LogP) is 2.39. The topological polar surface area (TPSA) is 26.3 Å². The highest BCUT2D eigenvalue weighted by atomic mass is 35.5. The quantitative estimate of drug-likeness (QED) is 0.695. The Hall–Kier alpha value is -1.02. The number of hydrogen-bond acceptors (Lipinski definition) is 2. The van der Waals surface area contributed by atoms with E-state index in [0.717, 1.165) is 6.42 Å². The van der Waals surface area contributed by atoms with Gasteiger partial charge in [0.1, 0.15) is 5.75 Å². The van der Waals surface area contributed by atoms with Crippen molar-refractivity contribution >= 4 is 16.8 Å². The first-order valence-corrected chi connectivity index (χ1v) is 4.50. The van der Waals surface area contributed by atoms with E-state index in [-0.39, 0.29) is 6.61 Å². The number of ether oxygens (including phenoxy) is 1. The second-order valence-corrected chi connectivity index (χ2v) is 3.07. The first-order chi connectivity index (χ1) is 6.22. The molecule has 0 aliphatic rings. The lowest BCUT2D eigenvalue weighted by molar-refractivity contribution is -0.113. The molecule has 0 amide bonds. The molecule has 0 aliphatic carbocycles. The second kappa shape index (κ2) is 4.87. The number of carbonyl (C=O) groups is 1. The number of hydrogen-bond donors (Lipinski definition) is 0. The molecular formula is C10H11ClO2. The Labute approximate surface area is 82.5 Å². The fraction of sp³-hybridized carbons (Fsp3) is 0.300. The van der Waals surface area contributed by atoms with Crippen LogP contribution in [0.3, 0.4) is 0 Å². The molecule has 0 aromatic heterocycles. The van der Waals surface area contributed by atoms with Crippen molar-refractivity contribution in [3.8, 4) is 5.75 Å². The van der Waals surface area contributed by atoms with Gasteiger partial charge in [-0.2, -0.15) is 0 Å². The van der Waals surface area contributed by atoms with Gasteiger partial charge < -0.3 is 4.74 Å². The Kier molecular flexibility index (Phi) is 3.77. The minimum atomic E-state index is -0.484. The van der Waals surface area contributed by atoms with Gasteiger partial charge >= 0.3 is 0 Å². The summed E-state index contributed by atoms with van der Waals surface area (Å²) in [6.07, 6.45) is 0.950. The lowest BCUT2D eigenvalue weighted by Crippen LogP contribution is -2.04. The zero-order valence-electron chi connectivity index (χ0n) is 7.42. The molecule has 13 heavy (non-hydrogen) atoms. The summed E-state index contributed by atoms with van der Waals surface area (Å²) < 4.78 is 5.13. The third-order valence-corrected chi connectivity index (χ3v) is 1.77. The molecule has 0 saturated heterocycles. The minimum absolute atomic E-state index is 0.0747. The second-order valence-electron chi connectivity index (χ2n) is 2.64.